The van der Waals surface area contributed by atoms with Crippen LogP contribution in [-0.4, -0.2) is 20.9 Å². The van der Waals surface area contributed by atoms with Gasteiger partial charge in [-0.05, 0) is 125 Å². The van der Waals surface area contributed by atoms with E-state index in [9.17, 15) is 9.90 Å². The number of aliphatic hydroxyl groups is 1. The molecule has 8 aromatic rings. The molecule has 1 radical (unpaired) electrons. The largest absolute Gasteiger partial charge is 0.512 e. The number of nitrogens with zero attached hydrogens (tertiary/aromatic N) is 2. The summed E-state index contributed by atoms with van der Waals surface area (Å²) in [6.45, 7) is 23.3. The molecule has 1 unspecified atom stereocenters. The van der Waals surface area contributed by atoms with Gasteiger partial charge in [-0.15, -0.1) is 52.6 Å². The summed E-state index contributed by atoms with van der Waals surface area (Å²) in [5.74, 6) is 1.48. The first kappa shape index (κ1) is 53.9. The van der Waals surface area contributed by atoms with Crippen LogP contribution < -0.4 is 0 Å². The van der Waals surface area contributed by atoms with E-state index in [1.54, 1.807) is 12.3 Å². The Morgan fingerprint density at radius 2 is 1.46 bits per heavy atom. The number of halogens is 1. The summed E-state index contributed by atoms with van der Waals surface area (Å²) in [5, 5.41) is 15.7. The van der Waals surface area contributed by atoms with Gasteiger partial charge in [0.25, 0.3) is 0 Å². The van der Waals surface area contributed by atoms with Crippen LogP contribution in [-0.2, 0) is 31.3 Å². The minimum atomic E-state index is -0.159. The number of allylic oxidation sites excluding steroid dienone is 2. The van der Waals surface area contributed by atoms with Crippen LogP contribution in [0, 0.1) is 61.9 Å². The summed E-state index contributed by atoms with van der Waals surface area (Å²) >= 11 is 0. The van der Waals surface area contributed by atoms with Gasteiger partial charge < -0.3 is 19.5 Å². The maximum absolute atomic E-state index is 15.2. The van der Waals surface area contributed by atoms with E-state index in [0.29, 0.717) is 34.8 Å². The van der Waals surface area contributed by atoms with E-state index in [4.69, 9.17) is 4.42 Å². The Kier molecular flexibility index (Phi) is 18.2. The van der Waals surface area contributed by atoms with E-state index in [2.05, 4.69) is 112 Å². The van der Waals surface area contributed by atoms with E-state index >= 15 is 4.39 Å². The zero-order chi connectivity index (χ0) is 49.6. The van der Waals surface area contributed by atoms with Crippen molar-refractivity contribution in [2.75, 3.05) is 0 Å². The quantitative estimate of drug-likeness (QED) is 0.0749. The predicted octanol–water partition coefficient (Wildman–Crippen LogP) is 17.7. The van der Waals surface area contributed by atoms with Gasteiger partial charge in [-0.3, -0.25) is 4.79 Å². The first-order valence-corrected chi connectivity index (χ1v) is 25.3. The fourth-order valence-electron chi connectivity index (χ4n) is 10.3. The second-order valence-electron chi connectivity index (χ2n) is 20.6. The third-order valence-electron chi connectivity index (χ3n) is 14.1. The standard InChI is InChI=1S/C26H21FNO.C24H26N.C13H24O2.Ir/c1-15(2)12-17-8-9-20-19(24(17)27)10-11-28-25(20)22-14-16(3)13-21-18-6-4-5-7-23(18)29-26(21)22;1-16-11-17(2)13-21(12-16)23-22-6-5-18(14-19(22)8-10-25-23)20-7-9-24(3,4)15-20;1-5-10(6-2)12(14)9-13(15)11(7-3)8-4;/h4-11,13,15H,12H2,1-3H3;5-6,8,10-12,14,20H,7,9,15H2,1-4H3;9-11,14H,5-8H2,1-4H3;/q2*-1;;/b;;12-9-;. The van der Waals surface area contributed by atoms with Crippen LogP contribution in [0.15, 0.2) is 114 Å². The Morgan fingerprint density at radius 1 is 0.786 bits per heavy atom. The van der Waals surface area contributed by atoms with Gasteiger partial charge in [0.2, 0.25) is 0 Å². The van der Waals surface area contributed by atoms with Crippen LogP contribution in [0.3, 0.4) is 0 Å². The molecule has 3 heterocycles. The summed E-state index contributed by atoms with van der Waals surface area (Å²) in [6, 6.07) is 36.0. The molecule has 0 bridgehead atoms. The SMILES string of the molecule is CCC(CC)C(=O)/C=C(\O)C(CC)CC.Cc1[c-]c(-c2nccc3c(F)c(CC(C)C)ccc23)c2oc3ccccc3c2c1.Cc1[c-]c(-c2nccc3cc(C4CCC(C)(C)C4)ccc23)cc(C)c1.[Ir]. The number of ketones is 1. The summed E-state index contributed by atoms with van der Waals surface area (Å²) in [4.78, 5) is 21.0. The summed E-state index contributed by atoms with van der Waals surface area (Å²) < 4.78 is 21.4. The van der Waals surface area contributed by atoms with Gasteiger partial charge in [-0.25, -0.2) is 4.39 Å². The number of pyridine rings is 2. The molecule has 0 saturated heterocycles. The Hall–Kier alpha value is -5.49. The molecule has 0 amide bonds. The molecule has 5 nitrogen and oxygen atoms in total. The van der Waals surface area contributed by atoms with Crippen LogP contribution in [0.2, 0.25) is 0 Å². The van der Waals surface area contributed by atoms with Gasteiger partial charge >= 0.3 is 0 Å². The molecule has 70 heavy (non-hydrogen) atoms. The van der Waals surface area contributed by atoms with Crippen molar-refractivity contribution in [2.24, 2.45) is 23.2 Å². The van der Waals surface area contributed by atoms with Gasteiger partial charge in [-0.2, -0.15) is 0 Å². The maximum Gasteiger partial charge on any atom is 0.162 e. The number of carbonyl (C=O) groups is 1. The number of hydrogen-bond acceptors (Lipinski definition) is 5. The van der Waals surface area contributed by atoms with E-state index < -0.39 is 0 Å². The van der Waals surface area contributed by atoms with Crippen molar-refractivity contribution in [1.29, 1.82) is 0 Å². The number of para-hydroxylation sites is 1. The number of rotatable bonds is 12. The van der Waals surface area contributed by atoms with Crippen molar-refractivity contribution in [3.63, 3.8) is 0 Å². The van der Waals surface area contributed by atoms with Crippen molar-refractivity contribution in [1.82, 2.24) is 9.97 Å². The zero-order valence-corrected chi connectivity index (χ0v) is 45.5. The molecule has 1 atom stereocenters. The molecular weight excluding hydrogens is 1040 g/mol. The van der Waals surface area contributed by atoms with E-state index in [1.807, 2.05) is 71.1 Å². The minimum Gasteiger partial charge on any atom is -0.512 e. The zero-order valence-electron chi connectivity index (χ0n) is 43.2. The number of furan rings is 1. The summed E-state index contributed by atoms with van der Waals surface area (Å²) in [7, 11) is 0. The van der Waals surface area contributed by atoms with E-state index in [0.717, 1.165) is 81.0 Å². The van der Waals surface area contributed by atoms with E-state index in [1.165, 1.54) is 52.8 Å². The Balaban J connectivity index is 0.000000180. The number of aliphatic hydroxyl groups excluding tert-OH is 1. The molecule has 7 heteroatoms. The average Bonchev–Trinajstić information content (AvgIpc) is 3.89. The van der Waals surface area contributed by atoms with Gasteiger partial charge in [0.1, 0.15) is 11.4 Å². The van der Waals surface area contributed by atoms with Crippen molar-refractivity contribution in [3.05, 3.63) is 155 Å². The molecule has 1 N–H and O–H groups in total. The second kappa shape index (κ2) is 23.6. The first-order chi connectivity index (χ1) is 33.0. The Morgan fingerprint density at radius 3 is 2.13 bits per heavy atom. The normalized spacial score (nSPS) is 14.6. The molecule has 0 spiro atoms. The monoisotopic (exact) mass is 1120 g/mol. The number of aryl methyl sites for hydroxylation is 3. The first-order valence-electron chi connectivity index (χ1n) is 25.3. The number of benzene rings is 5. The van der Waals surface area contributed by atoms with Crippen molar-refractivity contribution >= 4 is 49.3 Å². The fourth-order valence-corrected chi connectivity index (χ4v) is 10.3. The molecule has 1 saturated carbocycles. The molecule has 3 aromatic heterocycles. The van der Waals surface area contributed by atoms with Crippen molar-refractivity contribution in [2.45, 2.75) is 133 Å². The van der Waals surface area contributed by atoms with Gasteiger partial charge in [0.05, 0.1) is 11.3 Å². The molecule has 1 aliphatic rings. The maximum atomic E-state index is 15.2. The smallest absolute Gasteiger partial charge is 0.162 e. The molecule has 9 rings (SSSR count). The van der Waals surface area contributed by atoms with Crippen LogP contribution in [0.5, 0.6) is 0 Å². The summed E-state index contributed by atoms with van der Waals surface area (Å²) in [6.07, 6.45) is 13.2. The third kappa shape index (κ3) is 12.3. The third-order valence-corrected chi connectivity index (χ3v) is 14.1. The molecule has 5 aromatic carbocycles. The average molecular weight is 1120 g/mol. The van der Waals surface area contributed by atoms with E-state index in [-0.39, 0.29) is 49.3 Å². The Bertz CT molecular complexity index is 3100. The number of aromatic nitrogens is 2. The Labute approximate surface area is 429 Å². The van der Waals surface area contributed by atoms with Crippen LogP contribution in [0.1, 0.15) is 134 Å². The predicted molar refractivity (Wildman–Crippen MR) is 286 cm³/mol. The molecule has 1 fully saturated rings. The van der Waals surface area contributed by atoms with Crippen molar-refractivity contribution < 1.29 is 38.8 Å². The van der Waals surface area contributed by atoms with Crippen LogP contribution in [0.25, 0.3) is 66.0 Å². The van der Waals surface area contributed by atoms with Gasteiger partial charge in [0.15, 0.2) is 5.78 Å². The van der Waals surface area contributed by atoms with Crippen molar-refractivity contribution in [3.8, 4) is 22.5 Å². The molecule has 1 aliphatic carbocycles. The number of hydrogen-bond donors (Lipinski definition) is 1. The topological polar surface area (TPSA) is 76.2 Å². The second-order valence-corrected chi connectivity index (χ2v) is 20.6. The number of fused-ring (bicyclic) bond motifs is 5. The number of carbonyl (C=O) groups excluding carboxylic acids is 1. The van der Waals surface area contributed by atoms with Gasteiger partial charge in [0, 0.05) is 61.2 Å². The molecule has 0 aliphatic heterocycles. The molecular formula is C63H71FIrN2O3-2. The van der Waals surface area contributed by atoms with Crippen LogP contribution >= 0.6 is 0 Å². The van der Waals surface area contributed by atoms with Gasteiger partial charge in [-0.1, -0.05) is 136 Å². The summed E-state index contributed by atoms with van der Waals surface area (Å²) in [5.41, 5.74) is 11.3. The fraction of sp³-hybridized carbons (Fsp3) is 0.381. The van der Waals surface area contributed by atoms with Crippen LogP contribution in [0.4, 0.5) is 4.39 Å². The minimum absolute atomic E-state index is 0. The molecule has 369 valence electrons.